The van der Waals surface area contributed by atoms with Crippen molar-refractivity contribution in [2.75, 3.05) is 19.8 Å². The van der Waals surface area contributed by atoms with E-state index in [9.17, 15) is 14.4 Å². The summed E-state index contributed by atoms with van der Waals surface area (Å²) >= 11 is 0. The Labute approximate surface area is 95.0 Å². The summed E-state index contributed by atoms with van der Waals surface area (Å²) in [4.78, 5) is 34.1. The molecule has 0 N–H and O–H groups in total. The quantitative estimate of drug-likeness (QED) is 0.532. The molecule has 0 fully saturated rings. The van der Waals surface area contributed by atoms with Gasteiger partial charge in [-0.15, -0.1) is 0 Å². The Bertz CT molecular complexity index is 222. The van der Waals surface area contributed by atoms with E-state index in [-0.39, 0.29) is 19.8 Å². The summed E-state index contributed by atoms with van der Waals surface area (Å²) in [7, 11) is -2.35. The van der Waals surface area contributed by atoms with Gasteiger partial charge in [0.15, 0.2) is 0 Å². The molecule has 7 heteroatoms. The Kier molecular flexibility index (Phi) is 7.46. The minimum atomic E-state index is -2.35. The van der Waals surface area contributed by atoms with E-state index in [0.29, 0.717) is 0 Å². The third-order valence-corrected chi connectivity index (χ3v) is 2.83. The molecule has 0 heterocycles. The van der Waals surface area contributed by atoms with Gasteiger partial charge in [-0.2, -0.15) is 0 Å². The van der Waals surface area contributed by atoms with Crippen LogP contribution in [0, 0.1) is 0 Å². The summed E-state index contributed by atoms with van der Waals surface area (Å²) in [5.74, 6) is 0. The molecule has 0 aliphatic heterocycles. The molecular weight excluding hydrogens is 235 g/mol. The maximum atomic E-state index is 11.4. The van der Waals surface area contributed by atoms with Crippen molar-refractivity contribution in [3.63, 3.8) is 0 Å². The average molecular weight is 250 g/mol. The van der Waals surface area contributed by atoms with Gasteiger partial charge in [-0.25, -0.2) is 14.4 Å². The first-order valence-electron chi connectivity index (χ1n) is 4.88. The van der Waals surface area contributed by atoms with E-state index < -0.39 is 25.1 Å². The predicted molar refractivity (Wildman–Crippen MR) is 58.0 cm³/mol. The third-order valence-electron chi connectivity index (χ3n) is 1.35. The fourth-order valence-corrected chi connectivity index (χ4v) is 2.01. The summed E-state index contributed by atoms with van der Waals surface area (Å²) in [5, 5.41) is 0. The zero-order valence-corrected chi connectivity index (χ0v) is 10.4. The number of carbonyl (C=O) groups is 3. The van der Waals surface area contributed by atoms with Gasteiger partial charge in [-0.05, 0) is 20.8 Å². The minimum Gasteiger partial charge on any atom is -0.462 e. The molecule has 0 atom stereocenters. The monoisotopic (exact) mass is 250 g/mol. The van der Waals surface area contributed by atoms with Gasteiger partial charge in [-0.1, -0.05) is 0 Å². The molecule has 0 radical (unpaired) electrons. The largest absolute Gasteiger partial charge is 0.462 e. The maximum Gasteiger partial charge on any atom is 0.349 e. The van der Waals surface area contributed by atoms with Crippen LogP contribution in [0.1, 0.15) is 20.8 Å². The lowest BCUT2D eigenvalue weighted by Gasteiger charge is -2.12. The minimum absolute atomic E-state index is 0.0937. The Morgan fingerprint density at radius 3 is 1.19 bits per heavy atom. The van der Waals surface area contributed by atoms with E-state index in [1.165, 1.54) is 0 Å². The summed E-state index contributed by atoms with van der Waals surface area (Å²) in [6, 6.07) is 0. The highest BCUT2D eigenvalue weighted by molar-refractivity contribution is 8.00. The second-order valence-corrected chi connectivity index (χ2v) is 4.20. The van der Waals surface area contributed by atoms with Crippen molar-refractivity contribution >= 4 is 25.1 Å². The van der Waals surface area contributed by atoms with Crippen LogP contribution in [0.25, 0.3) is 0 Å². The first-order valence-corrected chi connectivity index (χ1v) is 6.22. The van der Waals surface area contributed by atoms with Crippen LogP contribution in [0.2, 0.25) is 0 Å². The number of ether oxygens (including phenoxy) is 3. The van der Waals surface area contributed by atoms with Crippen molar-refractivity contribution in [1.29, 1.82) is 0 Å². The van der Waals surface area contributed by atoms with E-state index in [2.05, 4.69) is 14.2 Å². The van der Waals surface area contributed by atoms with Crippen LogP contribution >= 0.6 is 7.92 Å². The molecule has 0 amide bonds. The normalized spacial score (nSPS) is 9.75. The highest BCUT2D eigenvalue weighted by Crippen LogP contribution is 2.42. The van der Waals surface area contributed by atoms with Gasteiger partial charge in [0.25, 0.3) is 0 Å². The van der Waals surface area contributed by atoms with Crippen molar-refractivity contribution < 1.29 is 28.6 Å². The van der Waals surface area contributed by atoms with Crippen molar-refractivity contribution in [3.05, 3.63) is 0 Å². The molecule has 0 saturated heterocycles. The predicted octanol–water partition coefficient (Wildman–Crippen LogP) is 2.94. The summed E-state index contributed by atoms with van der Waals surface area (Å²) in [6.45, 7) is 5.04. The molecule has 0 saturated carbocycles. The van der Waals surface area contributed by atoms with Gasteiger partial charge >= 0.3 is 17.1 Å². The van der Waals surface area contributed by atoms with Crippen LogP contribution in [0.3, 0.4) is 0 Å². The number of carbonyl (C=O) groups excluding carboxylic acids is 3. The van der Waals surface area contributed by atoms with Crippen molar-refractivity contribution in [2.24, 2.45) is 0 Å². The van der Waals surface area contributed by atoms with Gasteiger partial charge in [0, 0.05) is 0 Å². The second-order valence-electron chi connectivity index (χ2n) is 2.43. The number of rotatable bonds is 6. The molecule has 0 rings (SSSR count). The third kappa shape index (κ3) is 4.57. The molecule has 92 valence electrons. The van der Waals surface area contributed by atoms with E-state index in [1.54, 1.807) is 20.8 Å². The Hall–Kier alpha value is -1.16. The molecule has 0 bridgehead atoms. The van der Waals surface area contributed by atoms with Crippen LogP contribution in [0.4, 0.5) is 14.4 Å². The van der Waals surface area contributed by atoms with Crippen LogP contribution in [0.5, 0.6) is 0 Å². The molecule has 0 aromatic heterocycles. The molecule has 16 heavy (non-hydrogen) atoms. The van der Waals surface area contributed by atoms with Crippen molar-refractivity contribution in [2.45, 2.75) is 20.8 Å². The second kappa shape index (κ2) is 8.05. The smallest absolute Gasteiger partial charge is 0.349 e. The van der Waals surface area contributed by atoms with Crippen LogP contribution < -0.4 is 0 Å². The molecule has 0 aromatic carbocycles. The summed E-state index contributed by atoms with van der Waals surface area (Å²) in [5.41, 5.74) is -2.64. The van der Waals surface area contributed by atoms with Gasteiger partial charge in [0.1, 0.15) is 0 Å². The lowest BCUT2D eigenvalue weighted by atomic mass is 10.9. The summed E-state index contributed by atoms with van der Waals surface area (Å²) in [6.07, 6.45) is 0. The zero-order valence-electron chi connectivity index (χ0n) is 9.52. The Balaban J connectivity index is 4.68. The lowest BCUT2D eigenvalue weighted by Crippen LogP contribution is -2.16. The number of hydrogen-bond donors (Lipinski definition) is 0. The molecule has 0 aromatic rings. The van der Waals surface area contributed by atoms with E-state index in [4.69, 9.17) is 0 Å². The standard InChI is InChI=1S/C9H15O6P/c1-4-13-7(10)16(8(11)14-5-2)9(12)15-6-3/h4-6H2,1-3H3. The Morgan fingerprint density at radius 2 is 1.00 bits per heavy atom. The fraction of sp³-hybridized carbons (Fsp3) is 0.667. The van der Waals surface area contributed by atoms with Gasteiger partial charge in [0.2, 0.25) is 7.92 Å². The summed E-state index contributed by atoms with van der Waals surface area (Å²) < 4.78 is 13.9. The highest BCUT2D eigenvalue weighted by Gasteiger charge is 2.38. The zero-order chi connectivity index (χ0) is 12.6. The van der Waals surface area contributed by atoms with Crippen LogP contribution in [-0.4, -0.2) is 37.0 Å². The van der Waals surface area contributed by atoms with E-state index in [1.807, 2.05) is 0 Å². The van der Waals surface area contributed by atoms with E-state index in [0.717, 1.165) is 0 Å². The molecule has 0 spiro atoms. The number of hydrogen-bond acceptors (Lipinski definition) is 6. The highest BCUT2D eigenvalue weighted by atomic mass is 31.1. The molecule has 0 aliphatic rings. The SMILES string of the molecule is CCOC(=O)P(C(=O)OCC)C(=O)OCC. The van der Waals surface area contributed by atoms with Gasteiger partial charge in [0.05, 0.1) is 19.8 Å². The van der Waals surface area contributed by atoms with Crippen molar-refractivity contribution in [1.82, 2.24) is 0 Å². The van der Waals surface area contributed by atoms with E-state index >= 15 is 0 Å². The molecule has 6 nitrogen and oxygen atoms in total. The maximum absolute atomic E-state index is 11.4. The molecule has 0 aliphatic carbocycles. The topological polar surface area (TPSA) is 78.9 Å². The van der Waals surface area contributed by atoms with Gasteiger partial charge in [-0.3, -0.25) is 0 Å². The molecular formula is C9H15O6P. The van der Waals surface area contributed by atoms with Crippen LogP contribution in [0.15, 0.2) is 0 Å². The molecule has 0 unspecified atom stereocenters. The average Bonchev–Trinajstić information content (AvgIpc) is 2.19. The Morgan fingerprint density at radius 1 is 0.750 bits per heavy atom. The first kappa shape index (κ1) is 14.8. The van der Waals surface area contributed by atoms with Crippen molar-refractivity contribution in [3.8, 4) is 0 Å². The first-order chi connectivity index (χ1) is 7.58. The van der Waals surface area contributed by atoms with Gasteiger partial charge < -0.3 is 14.2 Å². The van der Waals surface area contributed by atoms with Crippen LogP contribution in [-0.2, 0) is 14.2 Å². The lowest BCUT2D eigenvalue weighted by molar-refractivity contribution is 0.166. The fourth-order valence-electron chi connectivity index (χ4n) is 0.788.